The van der Waals surface area contributed by atoms with Crippen LogP contribution >= 0.6 is 0 Å². The molecule has 1 amide bonds. The molecule has 1 aliphatic rings. The van der Waals surface area contributed by atoms with Gasteiger partial charge < -0.3 is 14.4 Å². The first-order valence-electron chi connectivity index (χ1n) is 10.1. The van der Waals surface area contributed by atoms with Crippen molar-refractivity contribution in [3.8, 4) is 11.5 Å². The lowest BCUT2D eigenvalue weighted by Gasteiger charge is -2.36. The highest BCUT2D eigenvalue weighted by Gasteiger charge is 2.28. The zero-order chi connectivity index (χ0) is 22.4. The first-order valence-corrected chi connectivity index (χ1v) is 11.6. The summed E-state index contributed by atoms with van der Waals surface area (Å²) in [7, 11) is -0.644. The molecule has 0 saturated carbocycles. The average molecular weight is 448 g/mol. The van der Waals surface area contributed by atoms with Gasteiger partial charge in [-0.25, -0.2) is 8.42 Å². The molecule has 2 aromatic carbocycles. The highest BCUT2D eigenvalue weighted by molar-refractivity contribution is 7.89. The number of carbonyl (C=O) groups is 1. The molecular formula is C22H29N3O5S. The lowest BCUT2D eigenvalue weighted by molar-refractivity contribution is -0.134. The molecule has 0 aromatic heterocycles. The van der Waals surface area contributed by atoms with E-state index in [0.29, 0.717) is 18.8 Å². The van der Waals surface area contributed by atoms with E-state index in [2.05, 4.69) is 9.62 Å². The fourth-order valence-corrected chi connectivity index (χ4v) is 4.69. The summed E-state index contributed by atoms with van der Waals surface area (Å²) >= 11 is 0. The van der Waals surface area contributed by atoms with Crippen molar-refractivity contribution >= 4 is 15.9 Å². The number of hydrogen-bond acceptors (Lipinski definition) is 6. The molecule has 168 valence electrons. The summed E-state index contributed by atoms with van der Waals surface area (Å²) in [6, 6.07) is 13.1. The van der Waals surface area contributed by atoms with Crippen LogP contribution in [-0.4, -0.2) is 70.6 Å². The van der Waals surface area contributed by atoms with Crippen LogP contribution in [0.3, 0.4) is 0 Å². The largest absolute Gasteiger partial charge is 0.497 e. The highest BCUT2D eigenvalue weighted by Crippen LogP contribution is 2.17. The fraction of sp³-hybridized carbons (Fsp3) is 0.409. The summed E-state index contributed by atoms with van der Waals surface area (Å²) in [6.07, 6.45) is 0. The predicted octanol–water partition coefficient (Wildman–Crippen LogP) is 1.72. The zero-order valence-corrected chi connectivity index (χ0v) is 18.9. The second-order valence-electron chi connectivity index (χ2n) is 7.47. The standard InChI is InChI=1S/C22H29N3O5S/c1-17(23-31(27,28)21-10-8-20(30-3)9-11-21)22(26)25-14-12-24(13-15-25)16-18-4-6-19(29-2)7-5-18/h4-11,17,23H,12-16H2,1-3H3/t17-/m0/s1. The van der Waals surface area contributed by atoms with Gasteiger partial charge in [-0.05, 0) is 48.9 Å². The van der Waals surface area contributed by atoms with Gasteiger partial charge in [0, 0.05) is 32.7 Å². The minimum Gasteiger partial charge on any atom is -0.497 e. The quantitative estimate of drug-likeness (QED) is 0.663. The molecule has 0 bridgehead atoms. The number of sulfonamides is 1. The van der Waals surface area contributed by atoms with Crippen LogP contribution in [0.15, 0.2) is 53.4 Å². The van der Waals surface area contributed by atoms with Crippen molar-refractivity contribution in [3.63, 3.8) is 0 Å². The number of nitrogens with one attached hydrogen (secondary N) is 1. The maximum atomic E-state index is 12.8. The van der Waals surface area contributed by atoms with Crippen molar-refractivity contribution in [3.05, 3.63) is 54.1 Å². The molecule has 1 fully saturated rings. The summed E-state index contributed by atoms with van der Waals surface area (Å²) in [5.74, 6) is 1.17. The molecule has 1 atom stereocenters. The first-order chi connectivity index (χ1) is 14.8. The van der Waals surface area contributed by atoms with Gasteiger partial charge in [-0.15, -0.1) is 0 Å². The number of nitrogens with zero attached hydrogens (tertiary/aromatic N) is 2. The number of methoxy groups -OCH3 is 2. The number of benzene rings is 2. The normalized spacial score (nSPS) is 16.0. The van der Waals surface area contributed by atoms with Crippen molar-refractivity contribution in [2.45, 2.75) is 24.4 Å². The van der Waals surface area contributed by atoms with E-state index in [9.17, 15) is 13.2 Å². The summed E-state index contributed by atoms with van der Waals surface area (Å²) < 4.78 is 37.9. The maximum Gasteiger partial charge on any atom is 0.241 e. The van der Waals surface area contributed by atoms with Crippen LogP contribution in [0.1, 0.15) is 12.5 Å². The minimum atomic E-state index is -3.80. The van der Waals surface area contributed by atoms with Crippen LogP contribution in [0, 0.1) is 0 Å². The fourth-order valence-electron chi connectivity index (χ4n) is 3.50. The Kier molecular flexibility index (Phi) is 7.53. The number of hydrogen-bond donors (Lipinski definition) is 1. The van der Waals surface area contributed by atoms with E-state index in [0.717, 1.165) is 25.4 Å². The molecule has 1 saturated heterocycles. The van der Waals surface area contributed by atoms with Gasteiger partial charge in [0.2, 0.25) is 15.9 Å². The highest BCUT2D eigenvalue weighted by atomic mass is 32.2. The second-order valence-corrected chi connectivity index (χ2v) is 9.18. The van der Waals surface area contributed by atoms with E-state index < -0.39 is 16.1 Å². The Labute approximate surface area is 183 Å². The summed E-state index contributed by atoms with van der Waals surface area (Å²) in [5.41, 5.74) is 1.18. The van der Waals surface area contributed by atoms with Gasteiger partial charge >= 0.3 is 0 Å². The molecule has 0 unspecified atom stereocenters. The van der Waals surface area contributed by atoms with Gasteiger partial charge in [0.1, 0.15) is 11.5 Å². The van der Waals surface area contributed by atoms with E-state index in [-0.39, 0.29) is 10.8 Å². The molecule has 0 spiro atoms. The molecule has 2 aromatic rings. The van der Waals surface area contributed by atoms with Gasteiger partial charge in [0.15, 0.2) is 0 Å². The zero-order valence-electron chi connectivity index (χ0n) is 18.1. The molecule has 8 nitrogen and oxygen atoms in total. The Balaban J connectivity index is 1.52. The average Bonchev–Trinajstić information content (AvgIpc) is 2.79. The predicted molar refractivity (Wildman–Crippen MR) is 118 cm³/mol. The van der Waals surface area contributed by atoms with Crippen molar-refractivity contribution in [2.24, 2.45) is 0 Å². The third-order valence-corrected chi connectivity index (χ3v) is 6.88. The van der Waals surface area contributed by atoms with Crippen molar-refractivity contribution in [2.75, 3.05) is 40.4 Å². The van der Waals surface area contributed by atoms with Crippen molar-refractivity contribution in [1.29, 1.82) is 0 Å². The van der Waals surface area contributed by atoms with Gasteiger partial charge in [0.05, 0.1) is 25.2 Å². The van der Waals surface area contributed by atoms with Crippen LogP contribution in [0.25, 0.3) is 0 Å². The SMILES string of the molecule is COc1ccc(CN2CCN(C(=O)[C@H](C)NS(=O)(=O)c3ccc(OC)cc3)CC2)cc1. The molecule has 1 aliphatic heterocycles. The van der Waals surface area contributed by atoms with Gasteiger partial charge in [-0.2, -0.15) is 4.72 Å². The van der Waals surface area contributed by atoms with Gasteiger partial charge in [-0.1, -0.05) is 12.1 Å². The Morgan fingerprint density at radius 1 is 0.935 bits per heavy atom. The smallest absolute Gasteiger partial charge is 0.241 e. The number of rotatable bonds is 8. The van der Waals surface area contributed by atoms with Crippen molar-refractivity contribution in [1.82, 2.24) is 14.5 Å². The Hall–Kier alpha value is -2.62. The number of ether oxygens (including phenoxy) is 2. The Morgan fingerprint density at radius 3 is 1.97 bits per heavy atom. The van der Waals surface area contributed by atoms with Gasteiger partial charge in [-0.3, -0.25) is 9.69 Å². The molecule has 31 heavy (non-hydrogen) atoms. The summed E-state index contributed by atoms with van der Waals surface area (Å²) in [6.45, 7) is 4.96. The van der Waals surface area contributed by atoms with Crippen LogP contribution in [0.5, 0.6) is 11.5 Å². The van der Waals surface area contributed by atoms with E-state index in [4.69, 9.17) is 9.47 Å². The third kappa shape index (κ3) is 5.96. The van der Waals surface area contributed by atoms with Crippen LogP contribution in [0.4, 0.5) is 0 Å². The summed E-state index contributed by atoms with van der Waals surface area (Å²) in [4.78, 5) is 16.9. The molecule has 3 rings (SSSR count). The monoisotopic (exact) mass is 447 g/mol. The van der Waals surface area contributed by atoms with E-state index in [1.807, 2.05) is 24.3 Å². The van der Waals surface area contributed by atoms with Crippen molar-refractivity contribution < 1.29 is 22.7 Å². The maximum absolute atomic E-state index is 12.8. The Morgan fingerprint density at radius 2 is 1.45 bits per heavy atom. The molecule has 0 radical (unpaired) electrons. The lowest BCUT2D eigenvalue weighted by atomic mass is 10.2. The molecule has 0 aliphatic carbocycles. The van der Waals surface area contributed by atoms with Crippen LogP contribution in [0.2, 0.25) is 0 Å². The molecular weight excluding hydrogens is 418 g/mol. The third-order valence-electron chi connectivity index (χ3n) is 5.32. The number of carbonyl (C=O) groups excluding carboxylic acids is 1. The number of amides is 1. The Bertz CT molecular complexity index is 969. The van der Waals surface area contributed by atoms with E-state index >= 15 is 0 Å². The van der Waals surface area contributed by atoms with E-state index in [1.54, 1.807) is 31.1 Å². The lowest BCUT2D eigenvalue weighted by Crippen LogP contribution is -2.53. The van der Waals surface area contributed by atoms with Gasteiger partial charge in [0.25, 0.3) is 0 Å². The topological polar surface area (TPSA) is 88.2 Å². The first kappa shape index (κ1) is 23.1. The molecule has 1 N–H and O–H groups in total. The second kappa shape index (κ2) is 10.1. The minimum absolute atomic E-state index is 0.0947. The number of piperazine rings is 1. The van der Waals surface area contributed by atoms with Crippen LogP contribution in [-0.2, 0) is 21.4 Å². The molecule has 1 heterocycles. The summed E-state index contributed by atoms with van der Waals surface area (Å²) in [5, 5.41) is 0. The molecule has 9 heteroatoms. The van der Waals surface area contributed by atoms with Crippen LogP contribution < -0.4 is 14.2 Å². The van der Waals surface area contributed by atoms with E-state index in [1.165, 1.54) is 24.8 Å².